The molecular weight excluding hydrogens is 302 g/mol. The van der Waals surface area contributed by atoms with Crippen LogP contribution in [0.3, 0.4) is 0 Å². The van der Waals surface area contributed by atoms with Crippen LogP contribution in [-0.2, 0) is 17.6 Å². The number of rotatable bonds is 4. The molecule has 0 spiro atoms. The molecule has 21 heavy (non-hydrogen) atoms. The topological polar surface area (TPSA) is 29.1 Å². The summed E-state index contributed by atoms with van der Waals surface area (Å²) in [6, 6.07) is 13.8. The lowest BCUT2D eigenvalue weighted by atomic mass is 10.1. The normalized spacial score (nSPS) is 13.0. The van der Waals surface area contributed by atoms with Gasteiger partial charge in [0.25, 0.3) is 0 Å². The third kappa shape index (κ3) is 3.80. The molecule has 0 saturated carbocycles. The van der Waals surface area contributed by atoms with Crippen LogP contribution in [0.25, 0.3) is 0 Å². The molecule has 1 aliphatic carbocycles. The highest BCUT2D eigenvalue weighted by molar-refractivity contribution is 8.00. The highest BCUT2D eigenvalue weighted by Crippen LogP contribution is 2.25. The highest BCUT2D eigenvalue weighted by Gasteiger charge is 2.11. The van der Waals surface area contributed by atoms with Gasteiger partial charge < -0.3 is 5.32 Å². The number of nitrogens with one attached hydrogen (secondary N) is 1. The lowest BCUT2D eigenvalue weighted by molar-refractivity contribution is -0.113. The van der Waals surface area contributed by atoms with Gasteiger partial charge in [-0.15, -0.1) is 11.8 Å². The SMILES string of the molecule is O=C(CSc1ccc(Cl)cc1)Nc1ccc2c(c1)CCC2. The van der Waals surface area contributed by atoms with Gasteiger partial charge in [0.2, 0.25) is 5.91 Å². The third-order valence-electron chi connectivity index (χ3n) is 3.57. The minimum Gasteiger partial charge on any atom is -0.325 e. The Kier molecular flexibility index (Phi) is 4.51. The van der Waals surface area contributed by atoms with Gasteiger partial charge in [0, 0.05) is 15.6 Å². The molecule has 0 radical (unpaired) electrons. The molecule has 0 fully saturated rings. The van der Waals surface area contributed by atoms with E-state index in [9.17, 15) is 4.79 Å². The van der Waals surface area contributed by atoms with Crippen molar-refractivity contribution in [3.8, 4) is 0 Å². The van der Waals surface area contributed by atoms with Crippen LogP contribution >= 0.6 is 23.4 Å². The van der Waals surface area contributed by atoms with Gasteiger partial charge in [-0.05, 0) is 66.8 Å². The smallest absolute Gasteiger partial charge is 0.234 e. The number of amides is 1. The van der Waals surface area contributed by atoms with E-state index >= 15 is 0 Å². The van der Waals surface area contributed by atoms with E-state index in [1.54, 1.807) is 0 Å². The van der Waals surface area contributed by atoms with Crippen molar-refractivity contribution >= 4 is 35.0 Å². The number of fused-ring (bicyclic) bond motifs is 1. The first-order valence-electron chi connectivity index (χ1n) is 7.01. The number of carbonyl (C=O) groups excluding carboxylic acids is 1. The molecule has 1 aliphatic rings. The second-order valence-corrected chi connectivity index (χ2v) is 6.61. The van der Waals surface area contributed by atoms with Gasteiger partial charge in [-0.3, -0.25) is 4.79 Å². The summed E-state index contributed by atoms with van der Waals surface area (Å²) in [5, 5.41) is 3.68. The Morgan fingerprint density at radius 2 is 1.86 bits per heavy atom. The number of carbonyl (C=O) groups is 1. The second kappa shape index (κ2) is 6.54. The quantitative estimate of drug-likeness (QED) is 0.838. The van der Waals surface area contributed by atoms with Crippen molar-refractivity contribution in [1.29, 1.82) is 0 Å². The number of anilines is 1. The van der Waals surface area contributed by atoms with E-state index in [-0.39, 0.29) is 5.91 Å². The zero-order valence-corrected chi connectivity index (χ0v) is 13.1. The van der Waals surface area contributed by atoms with E-state index in [1.807, 2.05) is 30.3 Å². The van der Waals surface area contributed by atoms with Crippen molar-refractivity contribution in [3.05, 3.63) is 58.6 Å². The summed E-state index contributed by atoms with van der Waals surface area (Å²) in [6.45, 7) is 0. The van der Waals surface area contributed by atoms with Crippen LogP contribution < -0.4 is 5.32 Å². The molecule has 0 aliphatic heterocycles. The summed E-state index contributed by atoms with van der Waals surface area (Å²) >= 11 is 7.35. The minimum atomic E-state index is 0.0212. The fourth-order valence-electron chi connectivity index (χ4n) is 2.53. The van der Waals surface area contributed by atoms with Crippen molar-refractivity contribution in [2.75, 3.05) is 11.1 Å². The Balaban J connectivity index is 1.55. The Morgan fingerprint density at radius 1 is 1.10 bits per heavy atom. The lowest BCUT2D eigenvalue weighted by Gasteiger charge is -2.07. The van der Waals surface area contributed by atoms with Crippen molar-refractivity contribution in [2.24, 2.45) is 0 Å². The number of thioether (sulfide) groups is 1. The van der Waals surface area contributed by atoms with E-state index in [0.29, 0.717) is 10.8 Å². The van der Waals surface area contributed by atoms with E-state index in [1.165, 1.54) is 29.3 Å². The van der Waals surface area contributed by atoms with E-state index < -0.39 is 0 Å². The maximum atomic E-state index is 12.0. The second-order valence-electron chi connectivity index (χ2n) is 5.13. The molecule has 0 aromatic heterocycles. The number of hydrogen-bond donors (Lipinski definition) is 1. The van der Waals surface area contributed by atoms with Crippen LogP contribution in [-0.4, -0.2) is 11.7 Å². The summed E-state index contributed by atoms with van der Waals surface area (Å²) in [5.41, 5.74) is 3.69. The molecule has 2 aromatic carbocycles. The number of halogens is 1. The van der Waals surface area contributed by atoms with Crippen molar-refractivity contribution < 1.29 is 4.79 Å². The van der Waals surface area contributed by atoms with Gasteiger partial charge in [-0.1, -0.05) is 17.7 Å². The lowest BCUT2D eigenvalue weighted by Crippen LogP contribution is -2.14. The largest absolute Gasteiger partial charge is 0.325 e. The summed E-state index contributed by atoms with van der Waals surface area (Å²) in [4.78, 5) is 13.0. The monoisotopic (exact) mass is 317 g/mol. The average molecular weight is 318 g/mol. The Morgan fingerprint density at radius 3 is 2.67 bits per heavy atom. The van der Waals surface area contributed by atoms with Gasteiger partial charge in [-0.2, -0.15) is 0 Å². The van der Waals surface area contributed by atoms with Crippen LogP contribution in [0.4, 0.5) is 5.69 Å². The van der Waals surface area contributed by atoms with Crippen molar-refractivity contribution in [2.45, 2.75) is 24.2 Å². The molecule has 1 N–H and O–H groups in total. The van der Waals surface area contributed by atoms with Gasteiger partial charge in [0.05, 0.1) is 5.75 Å². The van der Waals surface area contributed by atoms with Crippen LogP contribution in [0.1, 0.15) is 17.5 Å². The Labute approximate surface area is 133 Å². The number of aryl methyl sites for hydroxylation is 2. The van der Waals surface area contributed by atoms with E-state index in [2.05, 4.69) is 17.4 Å². The zero-order chi connectivity index (χ0) is 14.7. The summed E-state index contributed by atoms with van der Waals surface area (Å²) < 4.78 is 0. The van der Waals surface area contributed by atoms with Crippen molar-refractivity contribution in [1.82, 2.24) is 0 Å². The van der Waals surface area contributed by atoms with Gasteiger partial charge >= 0.3 is 0 Å². The van der Waals surface area contributed by atoms with Gasteiger partial charge in [0.1, 0.15) is 0 Å². The molecule has 108 valence electrons. The molecule has 2 aromatic rings. The first kappa shape index (κ1) is 14.5. The van der Waals surface area contributed by atoms with Crippen LogP contribution in [0.5, 0.6) is 0 Å². The summed E-state index contributed by atoms with van der Waals surface area (Å²) in [6.07, 6.45) is 3.51. The maximum Gasteiger partial charge on any atom is 0.234 e. The maximum absolute atomic E-state index is 12.0. The third-order valence-corrected chi connectivity index (χ3v) is 4.83. The zero-order valence-electron chi connectivity index (χ0n) is 11.6. The first-order valence-corrected chi connectivity index (χ1v) is 8.37. The molecule has 0 unspecified atom stereocenters. The molecule has 4 heteroatoms. The van der Waals surface area contributed by atoms with E-state index in [0.717, 1.165) is 23.4 Å². The van der Waals surface area contributed by atoms with E-state index in [4.69, 9.17) is 11.6 Å². The molecule has 2 nitrogen and oxygen atoms in total. The van der Waals surface area contributed by atoms with Gasteiger partial charge in [0.15, 0.2) is 0 Å². The molecule has 0 atom stereocenters. The van der Waals surface area contributed by atoms with Crippen LogP contribution in [0.2, 0.25) is 5.02 Å². The number of hydrogen-bond acceptors (Lipinski definition) is 2. The highest BCUT2D eigenvalue weighted by atomic mass is 35.5. The predicted octanol–water partition coefficient (Wildman–Crippen LogP) is 4.56. The molecule has 0 bridgehead atoms. The minimum absolute atomic E-state index is 0.0212. The molecule has 0 saturated heterocycles. The molecule has 3 rings (SSSR count). The average Bonchev–Trinajstić information content (AvgIpc) is 2.94. The Bertz CT molecular complexity index is 654. The summed E-state index contributed by atoms with van der Waals surface area (Å²) in [7, 11) is 0. The number of benzene rings is 2. The first-order chi connectivity index (χ1) is 10.2. The summed E-state index contributed by atoms with van der Waals surface area (Å²) in [5.74, 6) is 0.423. The molecule has 0 heterocycles. The van der Waals surface area contributed by atoms with Gasteiger partial charge in [-0.25, -0.2) is 0 Å². The predicted molar refractivity (Wildman–Crippen MR) is 89.3 cm³/mol. The Hall–Kier alpha value is -1.45. The fourth-order valence-corrected chi connectivity index (χ4v) is 3.35. The van der Waals surface area contributed by atoms with Crippen molar-refractivity contribution in [3.63, 3.8) is 0 Å². The van der Waals surface area contributed by atoms with Crippen LogP contribution in [0.15, 0.2) is 47.4 Å². The fraction of sp³-hybridized carbons (Fsp3) is 0.235. The molecule has 1 amide bonds. The molecular formula is C17H16ClNOS. The van der Waals surface area contributed by atoms with Crippen LogP contribution in [0, 0.1) is 0 Å². The standard InChI is InChI=1S/C17H16ClNOS/c18-14-5-8-16(9-6-14)21-11-17(20)19-15-7-4-12-2-1-3-13(12)10-15/h4-10H,1-3,11H2,(H,19,20).